The Hall–Kier alpha value is -3.76. The molecule has 0 saturated heterocycles. The van der Waals surface area contributed by atoms with Crippen LogP contribution in [-0.4, -0.2) is 27.4 Å². The van der Waals surface area contributed by atoms with Crippen LogP contribution >= 0.6 is 0 Å². The van der Waals surface area contributed by atoms with Crippen molar-refractivity contribution in [3.8, 4) is 17.1 Å². The van der Waals surface area contributed by atoms with Gasteiger partial charge in [-0.05, 0) is 36.4 Å². The quantitative estimate of drug-likeness (QED) is 0.246. The molecule has 4 N–H and O–H groups in total. The molecular formula is C18H18F3N5O3. The van der Waals surface area contributed by atoms with Gasteiger partial charge >= 0.3 is 6.36 Å². The third-order valence-electron chi connectivity index (χ3n) is 3.26. The normalized spacial score (nSPS) is 11.4. The van der Waals surface area contributed by atoms with E-state index in [0.717, 1.165) is 0 Å². The van der Waals surface area contributed by atoms with Crippen molar-refractivity contribution in [2.45, 2.75) is 20.2 Å². The molecule has 11 heteroatoms. The van der Waals surface area contributed by atoms with E-state index in [1.807, 2.05) is 13.8 Å². The summed E-state index contributed by atoms with van der Waals surface area (Å²) < 4.78 is 45.8. The first-order valence-corrected chi connectivity index (χ1v) is 8.37. The van der Waals surface area contributed by atoms with Gasteiger partial charge in [-0.3, -0.25) is 4.98 Å². The average molecular weight is 409 g/mol. The Morgan fingerprint density at radius 1 is 1.10 bits per heavy atom. The Balaban J connectivity index is 0.00000145. The largest absolute Gasteiger partial charge is 0.573 e. The number of hydrogen-bond donors (Lipinski definition) is 3. The van der Waals surface area contributed by atoms with Gasteiger partial charge in [-0.25, -0.2) is 4.98 Å². The number of oxazole rings is 1. The van der Waals surface area contributed by atoms with Crippen LogP contribution in [0, 0.1) is 0 Å². The van der Waals surface area contributed by atoms with Crippen LogP contribution in [0.4, 0.5) is 24.9 Å². The SMILES string of the molecule is CC.N/C(=N\O)c1ccc(Nc2ncc(-c3ccc(OC(F)(F)F)cc3)o2)cn1. The number of alkyl halides is 3. The Labute approximate surface area is 163 Å². The second-order valence-electron chi connectivity index (χ2n) is 5.14. The fourth-order valence-corrected chi connectivity index (χ4v) is 2.08. The van der Waals surface area contributed by atoms with Crippen molar-refractivity contribution < 1.29 is 27.5 Å². The van der Waals surface area contributed by atoms with Gasteiger partial charge in [0.15, 0.2) is 11.6 Å². The summed E-state index contributed by atoms with van der Waals surface area (Å²) in [7, 11) is 0. The van der Waals surface area contributed by atoms with E-state index in [2.05, 4.69) is 25.2 Å². The van der Waals surface area contributed by atoms with Crippen molar-refractivity contribution >= 4 is 17.5 Å². The first-order valence-electron chi connectivity index (χ1n) is 8.37. The second-order valence-corrected chi connectivity index (χ2v) is 5.14. The summed E-state index contributed by atoms with van der Waals surface area (Å²) in [4.78, 5) is 8.03. The molecule has 0 aliphatic heterocycles. The number of aromatic nitrogens is 2. The highest BCUT2D eigenvalue weighted by molar-refractivity contribution is 5.95. The van der Waals surface area contributed by atoms with Gasteiger partial charge in [0.05, 0.1) is 18.1 Å². The molecule has 0 aliphatic carbocycles. The zero-order valence-corrected chi connectivity index (χ0v) is 15.4. The molecule has 29 heavy (non-hydrogen) atoms. The Morgan fingerprint density at radius 3 is 2.34 bits per heavy atom. The molecule has 0 spiro atoms. The molecule has 154 valence electrons. The van der Waals surface area contributed by atoms with Crippen LogP contribution in [0.3, 0.4) is 0 Å². The Bertz CT molecular complexity index is 939. The van der Waals surface area contributed by atoms with Crippen LogP contribution < -0.4 is 15.8 Å². The van der Waals surface area contributed by atoms with E-state index in [0.29, 0.717) is 17.0 Å². The highest BCUT2D eigenvalue weighted by atomic mass is 19.4. The lowest BCUT2D eigenvalue weighted by molar-refractivity contribution is -0.274. The maximum Gasteiger partial charge on any atom is 0.573 e. The summed E-state index contributed by atoms with van der Waals surface area (Å²) in [5.74, 6) is -0.115. The van der Waals surface area contributed by atoms with Crippen molar-refractivity contribution in [3.63, 3.8) is 0 Å². The number of pyridine rings is 1. The molecule has 0 aliphatic rings. The number of halogens is 3. The van der Waals surface area contributed by atoms with Crippen molar-refractivity contribution in [1.82, 2.24) is 9.97 Å². The molecule has 8 nitrogen and oxygen atoms in total. The molecule has 0 radical (unpaired) electrons. The molecule has 0 saturated carbocycles. The molecular weight excluding hydrogens is 391 g/mol. The minimum atomic E-state index is -4.75. The standard InChI is InChI=1S/C16H12F3N5O3.C2H6/c17-16(18,19)27-11-4-1-9(2-5-11)13-8-22-15(26-13)23-10-3-6-12(21-7-10)14(20)24-25;1-2/h1-8,25H,(H2,20,24)(H,22,23);1-2H3. The van der Waals surface area contributed by atoms with Crippen LogP contribution in [-0.2, 0) is 0 Å². The summed E-state index contributed by atoms with van der Waals surface area (Å²) in [5, 5.41) is 14.3. The minimum absolute atomic E-state index is 0.127. The lowest BCUT2D eigenvalue weighted by Gasteiger charge is -2.08. The topological polar surface area (TPSA) is 119 Å². The molecule has 3 aromatic rings. The van der Waals surface area contributed by atoms with Crippen LogP contribution in [0.15, 0.2) is 58.4 Å². The molecule has 0 amide bonds. The summed E-state index contributed by atoms with van der Waals surface area (Å²) in [6.45, 7) is 4.00. The molecule has 1 aromatic carbocycles. The molecule has 0 atom stereocenters. The average Bonchev–Trinajstić information content (AvgIpc) is 3.17. The number of nitrogens with two attached hydrogens (primary N) is 1. The monoisotopic (exact) mass is 409 g/mol. The van der Waals surface area contributed by atoms with Gasteiger partial charge in [0.25, 0.3) is 6.01 Å². The van der Waals surface area contributed by atoms with Gasteiger partial charge in [-0.1, -0.05) is 19.0 Å². The highest BCUT2D eigenvalue weighted by Crippen LogP contribution is 2.28. The summed E-state index contributed by atoms with van der Waals surface area (Å²) in [6.07, 6.45) is -1.90. The molecule has 2 heterocycles. The summed E-state index contributed by atoms with van der Waals surface area (Å²) >= 11 is 0. The van der Waals surface area contributed by atoms with Gasteiger partial charge in [-0.2, -0.15) is 0 Å². The van der Waals surface area contributed by atoms with Crippen molar-refractivity contribution in [3.05, 3.63) is 54.5 Å². The number of oxime groups is 1. The van der Waals surface area contributed by atoms with E-state index in [9.17, 15) is 13.2 Å². The fourth-order valence-electron chi connectivity index (χ4n) is 2.08. The number of amidine groups is 1. The van der Waals surface area contributed by atoms with E-state index in [1.54, 1.807) is 6.07 Å². The summed E-state index contributed by atoms with van der Waals surface area (Å²) in [6, 6.07) is 8.48. The summed E-state index contributed by atoms with van der Waals surface area (Å²) in [5.41, 5.74) is 6.77. The van der Waals surface area contributed by atoms with Crippen LogP contribution in [0.1, 0.15) is 19.5 Å². The predicted octanol–water partition coefficient (Wildman–Crippen LogP) is 4.50. The van der Waals surface area contributed by atoms with E-state index < -0.39 is 6.36 Å². The van der Waals surface area contributed by atoms with Crippen molar-refractivity contribution in [2.75, 3.05) is 5.32 Å². The van der Waals surface area contributed by atoms with Crippen molar-refractivity contribution in [2.24, 2.45) is 10.9 Å². The number of ether oxygens (including phenoxy) is 1. The fraction of sp³-hybridized carbons (Fsp3) is 0.167. The zero-order valence-electron chi connectivity index (χ0n) is 15.4. The maximum absolute atomic E-state index is 12.2. The smallest absolute Gasteiger partial charge is 0.423 e. The van der Waals surface area contributed by atoms with Gasteiger partial charge < -0.3 is 25.4 Å². The van der Waals surface area contributed by atoms with E-state index in [4.69, 9.17) is 15.4 Å². The van der Waals surface area contributed by atoms with Gasteiger partial charge in [0.2, 0.25) is 0 Å². The number of nitrogens with one attached hydrogen (secondary N) is 1. The predicted molar refractivity (Wildman–Crippen MR) is 100 cm³/mol. The van der Waals surface area contributed by atoms with Gasteiger partial charge in [0, 0.05) is 5.56 Å². The number of anilines is 2. The second kappa shape index (κ2) is 9.44. The zero-order chi connectivity index (χ0) is 21.4. The van der Waals surface area contributed by atoms with Crippen molar-refractivity contribution in [1.29, 1.82) is 0 Å². The first-order chi connectivity index (χ1) is 13.8. The Kier molecular flexibility index (Phi) is 7.01. The van der Waals surface area contributed by atoms with Crippen LogP contribution in [0.25, 0.3) is 11.3 Å². The van der Waals surface area contributed by atoms with Crippen LogP contribution in [0.2, 0.25) is 0 Å². The number of rotatable bonds is 5. The lowest BCUT2D eigenvalue weighted by atomic mass is 10.2. The maximum atomic E-state index is 12.2. The number of nitrogens with zero attached hydrogens (tertiary/aromatic N) is 3. The molecule has 0 unspecified atom stereocenters. The highest BCUT2D eigenvalue weighted by Gasteiger charge is 2.31. The van der Waals surface area contributed by atoms with E-state index in [1.165, 1.54) is 42.7 Å². The van der Waals surface area contributed by atoms with Crippen LogP contribution in [0.5, 0.6) is 5.75 Å². The van der Waals surface area contributed by atoms with Gasteiger partial charge in [0.1, 0.15) is 11.4 Å². The molecule has 0 fully saturated rings. The first kappa shape index (κ1) is 21.5. The van der Waals surface area contributed by atoms with E-state index >= 15 is 0 Å². The third-order valence-corrected chi connectivity index (χ3v) is 3.26. The molecule has 2 aromatic heterocycles. The van der Waals surface area contributed by atoms with E-state index in [-0.39, 0.29) is 23.3 Å². The lowest BCUT2D eigenvalue weighted by Crippen LogP contribution is -2.16. The molecule has 3 rings (SSSR count). The number of benzene rings is 1. The molecule has 0 bridgehead atoms. The third kappa shape index (κ3) is 6.13. The Morgan fingerprint density at radius 2 is 1.79 bits per heavy atom. The van der Waals surface area contributed by atoms with Gasteiger partial charge in [-0.15, -0.1) is 13.2 Å². The minimum Gasteiger partial charge on any atom is -0.423 e. The number of hydrogen-bond acceptors (Lipinski definition) is 7.